The highest BCUT2D eigenvalue weighted by atomic mass is 16.6. The summed E-state index contributed by atoms with van der Waals surface area (Å²) >= 11 is 0. The van der Waals surface area contributed by atoms with Crippen LogP contribution in [0.25, 0.3) is 0 Å². The molecule has 0 spiro atoms. The summed E-state index contributed by atoms with van der Waals surface area (Å²) in [6.07, 6.45) is 2.46. The molecule has 2 nitrogen and oxygen atoms in total. The molecule has 1 atom stereocenters. The summed E-state index contributed by atoms with van der Waals surface area (Å²) in [6, 6.07) is 0. The van der Waals surface area contributed by atoms with Crippen LogP contribution in [0, 0.1) is 11.8 Å². The molecule has 0 aliphatic carbocycles. The molecule has 14 heavy (non-hydrogen) atoms. The van der Waals surface area contributed by atoms with Crippen molar-refractivity contribution in [2.75, 3.05) is 0 Å². The van der Waals surface area contributed by atoms with E-state index in [0.717, 1.165) is 0 Å². The summed E-state index contributed by atoms with van der Waals surface area (Å²) in [6.45, 7) is 13.4. The summed E-state index contributed by atoms with van der Waals surface area (Å²) < 4.78 is 5.33. The Labute approximate surface area is 87.3 Å². The third-order valence-corrected chi connectivity index (χ3v) is 1.93. The molecule has 0 aliphatic heterocycles. The van der Waals surface area contributed by atoms with Crippen molar-refractivity contribution in [3.63, 3.8) is 0 Å². The molecule has 0 aromatic rings. The minimum absolute atomic E-state index is 0.0632. The highest BCUT2D eigenvalue weighted by molar-refractivity contribution is 5.73. The van der Waals surface area contributed by atoms with Crippen LogP contribution in [0.5, 0.6) is 0 Å². The molecule has 0 amide bonds. The minimum atomic E-state index is -0.397. The van der Waals surface area contributed by atoms with Gasteiger partial charge in [-0.3, -0.25) is 4.79 Å². The molecule has 0 radical (unpaired) electrons. The molecule has 0 fully saturated rings. The number of carbonyl (C=O) groups is 1. The minimum Gasteiger partial charge on any atom is -0.460 e. The zero-order chi connectivity index (χ0) is 11.4. The smallest absolute Gasteiger partial charge is 0.310 e. The van der Waals surface area contributed by atoms with Gasteiger partial charge in [-0.05, 0) is 33.1 Å². The Morgan fingerprint density at radius 1 is 1.43 bits per heavy atom. The lowest BCUT2D eigenvalue weighted by Gasteiger charge is -2.25. The normalized spacial score (nSPS) is 13.9. The second-order valence-corrected chi connectivity index (χ2v) is 4.91. The van der Waals surface area contributed by atoms with E-state index in [1.807, 2.05) is 34.6 Å². The van der Waals surface area contributed by atoms with E-state index in [2.05, 4.69) is 6.58 Å². The molecule has 2 heteroatoms. The number of rotatable bonds is 4. The zero-order valence-electron chi connectivity index (χ0n) is 9.96. The summed E-state index contributed by atoms with van der Waals surface area (Å²) in [7, 11) is 0. The summed E-state index contributed by atoms with van der Waals surface area (Å²) in [4.78, 5) is 11.7. The highest BCUT2D eigenvalue weighted by Gasteiger charge is 2.26. The molecular weight excluding hydrogens is 176 g/mol. The molecule has 0 N–H and O–H groups in total. The van der Waals surface area contributed by atoms with Crippen molar-refractivity contribution in [3.05, 3.63) is 12.7 Å². The van der Waals surface area contributed by atoms with Gasteiger partial charge in [0.15, 0.2) is 0 Å². The van der Waals surface area contributed by atoms with Crippen LogP contribution in [0.15, 0.2) is 12.7 Å². The van der Waals surface area contributed by atoms with Crippen LogP contribution < -0.4 is 0 Å². The first-order chi connectivity index (χ1) is 6.28. The Bertz CT molecular complexity index is 199. The zero-order valence-corrected chi connectivity index (χ0v) is 9.96. The molecule has 0 unspecified atom stereocenters. The largest absolute Gasteiger partial charge is 0.460 e. The van der Waals surface area contributed by atoms with Gasteiger partial charge in [-0.25, -0.2) is 0 Å². The maximum absolute atomic E-state index is 11.7. The molecule has 0 bridgehead atoms. The lowest BCUT2D eigenvalue weighted by molar-refractivity contribution is -0.161. The van der Waals surface area contributed by atoms with Crippen LogP contribution >= 0.6 is 0 Å². The number of carbonyl (C=O) groups excluding carboxylic acids is 1. The quantitative estimate of drug-likeness (QED) is 0.512. The number of hydrogen-bond acceptors (Lipinski definition) is 2. The summed E-state index contributed by atoms with van der Waals surface area (Å²) in [5.41, 5.74) is -0.397. The SMILES string of the molecule is C=CC[C@H](C(=O)OC(C)(C)C)C(C)C. The predicted molar refractivity (Wildman–Crippen MR) is 59.0 cm³/mol. The molecule has 0 heterocycles. The molecule has 0 rings (SSSR count). The van der Waals surface area contributed by atoms with Gasteiger partial charge in [-0.1, -0.05) is 19.9 Å². The van der Waals surface area contributed by atoms with Gasteiger partial charge in [0, 0.05) is 0 Å². The molecule has 0 saturated heterocycles. The predicted octanol–water partition coefficient (Wildman–Crippen LogP) is 3.18. The highest BCUT2D eigenvalue weighted by Crippen LogP contribution is 2.20. The standard InChI is InChI=1S/C12H22O2/c1-7-8-10(9(2)3)11(13)14-12(4,5)6/h7,9-10H,1,8H2,2-6H3/t10-/m0/s1. The maximum Gasteiger partial charge on any atom is 0.310 e. The number of esters is 1. The lowest BCUT2D eigenvalue weighted by Crippen LogP contribution is -2.30. The first-order valence-corrected chi connectivity index (χ1v) is 5.11. The third-order valence-electron chi connectivity index (χ3n) is 1.93. The van der Waals surface area contributed by atoms with Gasteiger partial charge < -0.3 is 4.74 Å². The molecule has 0 aliphatic rings. The van der Waals surface area contributed by atoms with Gasteiger partial charge in [-0.15, -0.1) is 6.58 Å². The van der Waals surface area contributed by atoms with E-state index >= 15 is 0 Å². The Morgan fingerprint density at radius 2 is 1.93 bits per heavy atom. The van der Waals surface area contributed by atoms with Crippen LogP contribution in [0.3, 0.4) is 0 Å². The van der Waals surface area contributed by atoms with E-state index in [4.69, 9.17) is 4.74 Å². The van der Waals surface area contributed by atoms with E-state index in [1.54, 1.807) is 6.08 Å². The average Bonchev–Trinajstić information content (AvgIpc) is 1.95. The van der Waals surface area contributed by atoms with E-state index in [1.165, 1.54) is 0 Å². The molecule has 0 aromatic heterocycles. The van der Waals surface area contributed by atoms with Crippen LogP contribution in [-0.4, -0.2) is 11.6 Å². The summed E-state index contributed by atoms with van der Waals surface area (Å²) in [5.74, 6) is 0.113. The molecular formula is C12H22O2. The van der Waals surface area contributed by atoms with Gasteiger partial charge in [0.05, 0.1) is 5.92 Å². The number of hydrogen-bond donors (Lipinski definition) is 0. The maximum atomic E-state index is 11.7. The van der Waals surface area contributed by atoms with E-state index in [0.29, 0.717) is 12.3 Å². The van der Waals surface area contributed by atoms with Gasteiger partial charge >= 0.3 is 5.97 Å². The monoisotopic (exact) mass is 198 g/mol. The Balaban J connectivity index is 4.37. The second kappa shape index (κ2) is 5.18. The van der Waals surface area contributed by atoms with Gasteiger partial charge in [0.2, 0.25) is 0 Å². The van der Waals surface area contributed by atoms with Gasteiger partial charge in [0.1, 0.15) is 5.60 Å². The fourth-order valence-corrected chi connectivity index (χ4v) is 1.20. The van der Waals surface area contributed by atoms with E-state index < -0.39 is 5.60 Å². The summed E-state index contributed by atoms with van der Waals surface area (Å²) in [5, 5.41) is 0. The van der Waals surface area contributed by atoms with Crippen LogP contribution in [0.4, 0.5) is 0 Å². The lowest BCUT2D eigenvalue weighted by atomic mass is 9.92. The fourth-order valence-electron chi connectivity index (χ4n) is 1.20. The van der Waals surface area contributed by atoms with Crippen LogP contribution in [0.2, 0.25) is 0 Å². The van der Waals surface area contributed by atoms with Crippen molar-refractivity contribution in [1.29, 1.82) is 0 Å². The number of allylic oxidation sites excluding steroid dienone is 1. The Hall–Kier alpha value is -0.790. The molecule has 0 aromatic carbocycles. The fraction of sp³-hybridized carbons (Fsp3) is 0.750. The Morgan fingerprint density at radius 3 is 2.21 bits per heavy atom. The first kappa shape index (κ1) is 13.2. The Kier molecular flexibility index (Phi) is 4.89. The van der Waals surface area contributed by atoms with E-state index in [-0.39, 0.29) is 11.9 Å². The van der Waals surface area contributed by atoms with Crippen molar-refractivity contribution in [2.24, 2.45) is 11.8 Å². The first-order valence-electron chi connectivity index (χ1n) is 5.11. The van der Waals surface area contributed by atoms with Crippen molar-refractivity contribution < 1.29 is 9.53 Å². The number of ether oxygens (including phenoxy) is 1. The van der Waals surface area contributed by atoms with Crippen LogP contribution in [-0.2, 0) is 9.53 Å². The van der Waals surface area contributed by atoms with Crippen molar-refractivity contribution in [2.45, 2.75) is 46.6 Å². The second-order valence-electron chi connectivity index (χ2n) is 4.91. The van der Waals surface area contributed by atoms with Crippen molar-refractivity contribution in [1.82, 2.24) is 0 Å². The van der Waals surface area contributed by atoms with Gasteiger partial charge in [-0.2, -0.15) is 0 Å². The molecule has 0 saturated carbocycles. The van der Waals surface area contributed by atoms with E-state index in [9.17, 15) is 4.79 Å². The van der Waals surface area contributed by atoms with Crippen LogP contribution in [0.1, 0.15) is 41.0 Å². The third kappa shape index (κ3) is 5.05. The average molecular weight is 198 g/mol. The van der Waals surface area contributed by atoms with Gasteiger partial charge in [0.25, 0.3) is 0 Å². The molecule has 82 valence electrons. The van der Waals surface area contributed by atoms with Crippen molar-refractivity contribution in [3.8, 4) is 0 Å². The van der Waals surface area contributed by atoms with Crippen molar-refractivity contribution >= 4 is 5.97 Å². The topological polar surface area (TPSA) is 26.3 Å².